The van der Waals surface area contributed by atoms with E-state index < -0.39 is 5.54 Å². The number of carbonyl (C=O) groups is 3. The van der Waals surface area contributed by atoms with Gasteiger partial charge in [0.25, 0.3) is 5.91 Å². The monoisotopic (exact) mass is 347 g/mol. The van der Waals surface area contributed by atoms with Gasteiger partial charge >= 0.3 is 6.03 Å². The van der Waals surface area contributed by atoms with E-state index in [4.69, 9.17) is 0 Å². The molecule has 136 valence electrons. The predicted molar refractivity (Wildman–Crippen MR) is 90.6 cm³/mol. The second-order valence-corrected chi connectivity index (χ2v) is 7.26. The van der Waals surface area contributed by atoms with E-state index in [2.05, 4.69) is 14.9 Å². The summed E-state index contributed by atoms with van der Waals surface area (Å²) in [6.45, 7) is 5.09. The van der Waals surface area contributed by atoms with Crippen molar-refractivity contribution < 1.29 is 14.4 Å². The molecule has 8 heteroatoms. The van der Waals surface area contributed by atoms with Crippen LogP contribution < -0.4 is 5.32 Å². The van der Waals surface area contributed by atoms with Crippen molar-refractivity contribution in [3.05, 3.63) is 18.7 Å². The normalized spacial score (nSPS) is 23.0. The van der Waals surface area contributed by atoms with E-state index >= 15 is 0 Å². The molecule has 0 aliphatic carbocycles. The highest BCUT2D eigenvalue weighted by Crippen LogP contribution is 2.22. The number of amides is 4. The molecule has 0 spiro atoms. The summed E-state index contributed by atoms with van der Waals surface area (Å²) in [6.07, 6.45) is 8.30. The fourth-order valence-electron chi connectivity index (χ4n) is 3.48. The summed E-state index contributed by atoms with van der Waals surface area (Å²) in [4.78, 5) is 43.6. The van der Waals surface area contributed by atoms with Gasteiger partial charge in [0.05, 0.1) is 12.4 Å². The Morgan fingerprint density at radius 2 is 2.20 bits per heavy atom. The molecule has 0 unspecified atom stereocenters. The van der Waals surface area contributed by atoms with Crippen LogP contribution in [0, 0.1) is 0 Å². The number of nitrogens with one attached hydrogen (secondary N) is 1. The topological polar surface area (TPSA) is 87.5 Å². The van der Waals surface area contributed by atoms with Gasteiger partial charge in [0.1, 0.15) is 5.54 Å². The maximum Gasteiger partial charge on any atom is 0.325 e. The quantitative estimate of drug-likeness (QED) is 0.810. The lowest BCUT2D eigenvalue weighted by Crippen LogP contribution is -2.41. The molecule has 2 aliphatic heterocycles. The molecule has 0 saturated carbocycles. The zero-order valence-electron chi connectivity index (χ0n) is 14.8. The first kappa shape index (κ1) is 17.4. The Balaban J connectivity index is 1.48. The van der Waals surface area contributed by atoms with Crippen molar-refractivity contribution in [3.8, 4) is 0 Å². The number of hydrogen-bond acceptors (Lipinski definition) is 4. The van der Waals surface area contributed by atoms with Crippen molar-refractivity contribution in [2.75, 3.05) is 19.6 Å². The summed E-state index contributed by atoms with van der Waals surface area (Å²) in [5.41, 5.74) is -0.855. The van der Waals surface area contributed by atoms with E-state index in [1.807, 2.05) is 11.1 Å². The summed E-state index contributed by atoms with van der Waals surface area (Å²) in [6, 6.07) is -0.104. The predicted octanol–water partition coefficient (Wildman–Crippen LogP) is 1.16. The standard InChI is InChI=1S/C17H25N5O3/c1-17(2)15(24)22(16(25)19-17)9-4-6-14(23)20-8-3-5-13(11-20)21-10-7-18-12-21/h7,10,12-13H,3-6,8-9,11H2,1-2H3,(H,19,25)/t13-/m1/s1. The summed E-state index contributed by atoms with van der Waals surface area (Å²) >= 11 is 0. The van der Waals surface area contributed by atoms with E-state index in [1.54, 1.807) is 26.4 Å². The van der Waals surface area contributed by atoms with Gasteiger partial charge in [-0.05, 0) is 33.1 Å². The molecule has 2 saturated heterocycles. The fourth-order valence-corrected chi connectivity index (χ4v) is 3.48. The molecule has 0 aromatic carbocycles. The number of rotatable bonds is 5. The highest BCUT2D eigenvalue weighted by molar-refractivity contribution is 6.06. The lowest BCUT2D eigenvalue weighted by molar-refractivity contribution is -0.134. The van der Waals surface area contributed by atoms with Crippen LogP contribution in [0.4, 0.5) is 4.79 Å². The number of piperidine rings is 1. The number of carbonyl (C=O) groups excluding carboxylic acids is 3. The molecule has 1 N–H and O–H groups in total. The maximum absolute atomic E-state index is 12.5. The average molecular weight is 347 g/mol. The number of aromatic nitrogens is 2. The minimum Gasteiger partial charge on any atom is -0.341 e. The molecule has 1 aromatic rings. The second kappa shape index (κ2) is 6.85. The molecular weight excluding hydrogens is 322 g/mol. The Morgan fingerprint density at radius 3 is 2.84 bits per heavy atom. The highest BCUT2D eigenvalue weighted by Gasteiger charge is 2.43. The Hall–Kier alpha value is -2.38. The first-order valence-electron chi connectivity index (χ1n) is 8.78. The first-order valence-corrected chi connectivity index (χ1v) is 8.78. The van der Waals surface area contributed by atoms with E-state index in [-0.39, 0.29) is 30.4 Å². The van der Waals surface area contributed by atoms with E-state index in [1.165, 1.54) is 4.90 Å². The van der Waals surface area contributed by atoms with Gasteiger partial charge in [0.15, 0.2) is 0 Å². The van der Waals surface area contributed by atoms with Crippen molar-refractivity contribution >= 4 is 17.8 Å². The zero-order valence-corrected chi connectivity index (χ0v) is 14.8. The second-order valence-electron chi connectivity index (χ2n) is 7.26. The third-order valence-corrected chi connectivity index (χ3v) is 4.91. The Kier molecular flexibility index (Phi) is 4.78. The van der Waals surface area contributed by atoms with Crippen molar-refractivity contribution in [1.82, 2.24) is 24.7 Å². The lowest BCUT2D eigenvalue weighted by Gasteiger charge is -2.33. The molecule has 1 atom stereocenters. The van der Waals surface area contributed by atoms with Gasteiger partial charge in [0.2, 0.25) is 5.91 Å². The third kappa shape index (κ3) is 3.67. The number of nitrogens with zero attached hydrogens (tertiary/aromatic N) is 4. The summed E-state index contributed by atoms with van der Waals surface area (Å²) in [7, 11) is 0. The van der Waals surface area contributed by atoms with Gasteiger partial charge < -0.3 is 14.8 Å². The third-order valence-electron chi connectivity index (χ3n) is 4.91. The molecule has 1 aromatic heterocycles. The summed E-state index contributed by atoms with van der Waals surface area (Å²) < 4.78 is 2.05. The van der Waals surface area contributed by atoms with Gasteiger partial charge in [-0.2, -0.15) is 0 Å². The van der Waals surface area contributed by atoms with E-state index in [0.29, 0.717) is 19.4 Å². The van der Waals surface area contributed by atoms with E-state index in [9.17, 15) is 14.4 Å². The molecule has 0 radical (unpaired) electrons. The van der Waals surface area contributed by atoms with Crippen LogP contribution in [0.15, 0.2) is 18.7 Å². The molecule has 3 rings (SSSR count). The Labute approximate surface area is 147 Å². The smallest absolute Gasteiger partial charge is 0.325 e. The molecule has 2 fully saturated rings. The number of hydrogen-bond donors (Lipinski definition) is 1. The van der Waals surface area contributed by atoms with Gasteiger partial charge in [-0.25, -0.2) is 9.78 Å². The molecule has 0 bridgehead atoms. The molecule has 3 heterocycles. The number of urea groups is 1. The average Bonchev–Trinajstić information content (AvgIpc) is 3.17. The van der Waals surface area contributed by atoms with Gasteiger partial charge in [-0.3, -0.25) is 14.5 Å². The number of imidazole rings is 1. The van der Waals surface area contributed by atoms with Gasteiger partial charge in [-0.1, -0.05) is 0 Å². The number of imide groups is 1. The van der Waals surface area contributed by atoms with Crippen LogP contribution >= 0.6 is 0 Å². The van der Waals surface area contributed by atoms with Crippen LogP contribution in [0.5, 0.6) is 0 Å². The van der Waals surface area contributed by atoms with Gasteiger partial charge in [-0.15, -0.1) is 0 Å². The highest BCUT2D eigenvalue weighted by atomic mass is 16.2. The van der Waals surface area contributed by atoms with Crippen molar-refractivity contribution in [1.29, 1.82) is 0 Å². The minimum atomic E-state index is -0.855. The van der Waals surface area contributed by atoms with Crippen LogP contribution in [0.2, 0.25) is 0 Å². The van der Waals surface area contributed by atoms with Crippen LogP contribution in [0.3, 0.4) is 0 Å². The van der Waals surface area contributed by atoms with Crippen molar-refractivity contribution in [2.24, 2.45) is 0 Å². The van der Waals surface area contributed by atoms with Crippen molar-refractivity contribution in [2.45, 2.75) is 51.1 Å². The van der Waals surface area contributed by atoms with E-state index in [0.717, 1.165) is 19.4 Å². The van der Waals surface area contributed by atoms with Crippen LogP contribution in [-0.4, -0.2) is 62.4 Å². The minimum absolute atomic E-state index is 0.0797. The largest absolute Gasteiger partial charge is 0.341 e. The molecular formula is C17H25N5O3. The fraction of sp³-hybridized carbons (Fsp3) is 0.647. The van der Waals surface area contributed by atoms with Crippen molar-refractivity contribution in [3.63, 3.8) is 0 Å². The molecule has 8 nitrogen and oxygen atoms in total. The number of likely N-dealkylation sites (tertiary alicyclic amines) is 1. The maximum atomic E-state index is 12.5. The SMILES string of the molecule is CC1(C)NC(=O)N(CCCC(=O)N2CCC[C@@H](n3ccnc3)C2)C1=O. The first-order chi connectivity index (χ1) is 11.9. The summed E-state index contributed by atoms with van der Waals surface area (Å²) in [5, 5.41) is 2.65. The Bertz CT molecular complexity index is 655. The molecule has 25 heavy (non-hydrogen) atoms. The van der Waals surface area contributed by atoms with Crippen LogP contribution in [0.1, 0.15) is 45.6 Å². The zero-order chi connectivity index (χ0) is 18.0. The van der Waals surface area contributed by atoms with Crippen LogP contribution in [0.25, 0.3) is 0 Å². The Morgan fingerprint density at radius 1 is 1.40 bits per heavy atom. The molecule has 4 amide bonds. The lowest BCUT2D eigenvalue weighted by atomic mass is 10.0. The van der Waals surface area contributed by atoms with Crippen LogP contribution in [-0.2, 0) is 9.59 Å². The summed E-state index contributed by atoms with van der Waals surface area (Å²) in [5.74, 6) is -0.153. The van der Waals surface area contributed by atoms with Gasteiger partial charge in [0, 0.05) is 38.4 Å². The molecule has 2 aliphatic rings.